The van der Waals surface area contributed by atoms with Gasteiger partial charge in [0.2, 0.25) is 0 Å². The molecule has 3 nitrogen and oxygen atoms in total. The van der Waals surface area contributed by atoms with Gasteiger partial charge in [0.05, 0.1) is 6.20 Å². The van der Waals surface area contributed by atoms with Gasteiger partial charge in [0.15, 0.2) is 0 Å². The topological polar surface area (TPSA) is 31.9 Å². The largest absolute Gasteiger partial charge is 0.296 e. The summed E-state index contributed by atoms with van der Waals surface area (Å²) in [5, 5.41) is 6.61. The minimum Gasteiger partial charge on any atom is -0.296 e. The maximum Gasteiger partial charge on any atom is 0.122 e. The normalized spacial score (nSPS) is 29.7. The van der Waals surface area contributed by atoms with Crippen molar-refractivity contribution in [3.63, 3.8) is 0 Å². The van der Waals surface area contributed by atoms with Gasteiger partial charge >= 0.3 is 0 Å². The van der Waals surface area contributed by atoms with Crippen molar-refractivity contribution in [3.8, 4) is 0 Å². The molecular weight excluding hydrogens is 169 g/mol. The van der Waals surface area contributed by atoms with Crippen molar-refractivity contribution >= 4 is 0 Å². The Bertz CT molecular complexity index is 268. The third-order valence-electron chi connectivity index (χ3n) is 2.46. The summed E-state index contributed by atoms with van der Waals surface area (Å²) < 4.78 is 13.4. The molecule has 2 heterocycles. The highest BCUT2D eigenvalue weighted by molar-refractivity contribution is 5.03. The molecule has 4 heteroatoms. The summed E-state index contributed by atoms with van der Waals surface area (Å²) in [5.41, 5.74) is 0.127. The molecule has 1 aromatic heterocycles. The predicted octanol–water partition coefficient (Wildman–Crippen LogP) is 1.34. The zero-order valence-corrected chi connectivity index (χ0v) is 7.76. The average molecular weight is 183 g/mol. The van der Waals surface area contributed by atoms with Gasteiger partial charge in [-0.1, -0.05) is 0 Å². The second-order valence-electron chi connectivity index (χ2n) is 3.98. The molecule has 1 aromatic rings. The van der Waals surface area contributed by atoms with Crippen molar-refractivity contribution in [3.05, 3.63) is 18.0 Å². The number of aromatic nitrogens is 2. The summed E-state index contributed by atoms with van der Waals surface area (Å²) >= 11 is 0. The van der Waals surface area contributed by atoms with Crippen molar-refractivity contribution in [2.45, 2.75) is 25.6 Å². The molecule has 0 bridgehead atoms. The summed E-state index contributed by atoms with van der Waals surface area (Å²) in [6.07, 6.45) is 4.28. The smallest absolute Gasteiger partial charge is 0.122 e. The second kappa shape index (κ2) is 3.10. The number of likely N-dealkylation sites (tertiary alicyclic amines) is 1. The molecule has 2 rings (SSSR count). The van der Waals surface area contributed by atoms with Crippen LogP contribution in [0.4, 0.5) is 4.39 Å². The number of hydrogen-bond acceptors (Lipinski definition) is 2. The van der Waals surface area contributed by atoms with Gasteiger partial charge in [-0.2, -0.15) is 5.10 Å². The molecule has 1 aliphatic rings. The van der Waals surface area contributed by atoms with Crippen molar-refractivity contribution in [2.24, 2.45) is 0 Å². The summed E-state index contributed by atoms with van der Waals surface area (Å²) in [6.45, 7) is 3.86. The lowest BCUT2D eigenvalue weighted by atomic mass is 10.1. The molecule has 13 heavy (non-hydrogen) atoms. The molecule has 72 valence electrons. The predicted molar refractivity (Wildman–Crippen MR) is 48.0 cm³/mol. The fourth-order valence-electron chi connectivity index (χ4n) is 1.77. The molecule has 0 radical (unpaired) electrons. The Balaban J connectivity index is 1.91. The van der Waals surface area contributed by atoms with E-state index in [1.807, 2.05) is 6.20 Å². The van der Waals surface area contributed by atoms with E-state index in [0.29, 0.717) is 13.0 Å². The van der Waals surface area contributed by atoms with Crippen molar-refractivity contribution < 1.29 is 4.39 Å². The summed E-state index contributed by atoms with van der Waals surface area (Å²) in [7, 11) is 0. The Morgan fingerprint density at radius 1 is 1.77 bits per heavy atom. The Kier molecular flexibility index (Phi) is 2.07. The van der Waals surface area contributed by atoms with E-state index in [0.717, 1.165) is 18.7 Å². The van der Waals surface area contributed by atoms with Crippen molar-refractivity contribution in [1.29, 1.82) is 0 Å². The standard InChI is InChI=1S/C9H14FN3/c1-9(10)2-3-13(7-9)6-8-4-11-12-5-8/h4-5H,2-3,6-7H2,1H3,(H,11,12). The molecule has 1 N–H and O–H groups in total. The van der Waals surface area contributed by atoms with Crippen LogP contribution in [-0.2, 0) is 6.54 Å². The van der Waals surface area contributed by atoms with Crippen LogP contribution in [0, 0.1) is 0 Å². The van der Waals surface area contributed by atoms with Crippen LogP contribution in [0.3, 0.4) is 0 Å². The molecule has 0 amide bonds. The molecule has 1 fully saturated rings. The van der Waals surface area contributed by atoms with Crippen molar-refractivity contribution in [2.75, 3.05) is 13.1 Å². The Morgan fingerprint density at radius 3 is 3.15 bits per heavy atom. The number of H-pyrrole nitrogens is 1. The zero-order valence-electron chi connectivity index (χ0n) is 7.76. The van der Waals surface area contributed by atoms with Crippen LogP contribution in [0.5, 0.6) is 0 Å². The Labute approximate surface area is 76.9 Å². The first-order chi connectivity index (χ1) is 6.16. The maximum absolute atomic E-state index is 13.4. The number of aromatic amines is 1. The van der Waals surface area contributed by atoms with Gasteiger partial charge in [-0.05, 0) is 13.3 Å². The van der Waals surface area contributed by atoms with Crippen LogP contribution < -0.4 is 0 Å². The number of nitrogens with one attached hydrogen (secondary N) is 1. The fraction of sp³-hybridized carbons (Fsp3) is 0.667. The lowest BCUT2D eigenvalue weighted by Gasteiger charge is -2.15. The van der Waals surface area contributed by atoms with Crippen LogP contribution in [-0.4, -0.2) is 33.9 Å². The summed E-state index contributed by atoms with van der Waals surface area (Å²) in [5.74, 6) is 0. The highest BCUT2D eigenvalue weighted by Gasteiger charge is 2.33. The summed E-state index contributed by atoms with van der Waals surface area (Å²) in [6, 6.07) is 0. The zero-order chi connectivity index (χ0) is 9.31. The van der Waals surface area contributed by atoms with Crippen molar-refractivity contribution in [1.82, 2.24) is 15.1 Å². The van der Waals surface area contributed by atoms with Gasteiger partial charge < -0.3 is 0 Å². The van der Waals surface area contributed by atoms with Crippen LogP contribution in [0.1, 0.15) is 18.9 Å². The molecule has 1 atom stereocenters. The van der Waals surface area contributed by atoms with Gasteiger partial charge in [-0.3, -0.25) is 10.00 Å². The van der Waals surface area contributed by atoms with Crippen LogP contribution in [0.25, 0.3) is 0 Å². The van der Waals surface area contributed by atoms with Gasteiger partial charge in [-0.15, -0.1) is 0 Å². The van der Waals surface area contributed by atoms with E-state index in [1.165, 1.54) is 0 Å². The maximum atomic E-state index is 13.4. The van der Waals surface area contributed by atoms with E-state index in [-0.39, 0.29) is 0 Å². The molecule has 1 aliphatic heterocycles. The first kappa shape index (κ1) is 8.69. The van der Waals surface area contributed by atoms with Crippen LogP contribution in [0.2, 0.25) is 0 Å². The highest BCUT2D eigenvalue weighted by Crippen LogP contribution is 2.25. The van der Waals surface area contributed by atoms with Gasteiger partial charge in [0.25, 0.3) is 0 Å². The monoisotopic (exact) mass is 183 g/mol. The first-order valence-electron chi connectivity index (χ1n) is 4.55. The lowest BCUT2D eigenvalue weighted by molar-refractivity contribution is 0.186. The number of alkyl halides is 1. The molecule has 0 aromatic carbocycles. The van der Waals surface area contributed by atoms with E-state index in [2.05, 4.69) is 15.1 Å². The van der Waals surface area contributed by atoms with E-state index in [1.54, 1.807) is 13.1 Å². The Morgan fingerprint density at radius 2 is 2.62 bits per heavy atom. The third-order valence-corrected chi connectivity index (χ3v) is 2.46. The van der Waals surface area contributed by atoms with Gasteiger partial charge in [0.1, 0.15) is 5.67 Å². The quantitative estimate of drug-likeness (QED) is 0.750. The fourth-order valence-corrected chi connectivity index (χ4v) is 1.77. The number of nitrogens with zero attached hydrogens (tertiary/aromatic N) is 2. The summed E-state index contributed by atoms with van der Waals surface area (Å²) in [4.78, 5) is 2.12. The van der Waals surface area contributed by atoms with E-state index in [4.69, 9.17) is 0 Å². The molecule has 0 aliphatic carbocycles. The average Bonchev–Trinajstić information content (AvgIpc) is 2.61. The minimum absolute atomic E-state index is 0.540. The van der Waals surface area contributed by atoms with Gasteiger partial charge in [-0.25, -0.2) is 4.39 Å². The molecular formula is C9H14FN3. The molecule has 0 spiro atoms. The SMILES string of the molecule is CC1(F)CCN(Cc2cn[nH]c2)C1. The van der Waals surface area contributed by atoms with Crippen LogP contribution >= 0.6 is 0 Å². The minimum atomic E-state index is -0.996. The van der Waals surface area contributed by atoms with Gasteiger partial charge in [0, 0.05) is 31.4 Å². The van der Waals surface area contributed by atoms with E-state index in [9.17, 15) is 4.39 Å². The number of rotatable bonds is 2. The molecule has 1 saturated heterocycles. The Hall–Kier alpha value is -0.900. The van der Waals surface area contributed by atoms with Crippen LogP contribution in [0.15, 0.2) is 12.4 Å². The number of hydrogen-bond donors (Lipinski definition) is 1. The number of halogens is 1. The second-order valence-corrected chi connectivity index (χ2v) is 3.98. The molecule has 0 saturated carbocycles. The third kappa shape index (κ3) is 2.06. The van der Waals surface area contributed by atoms with E-state index >= 15 is 0 Å². The highest BCUT2D eigenvalue weighted by atomic mass is 19.1. The van der Waals surface area contributed by atoms with E-state index < -0.39 is 5.67 Å². The lowest BCUT2D eigenvalue weighted by Crippen LogP contribution is -2.25. The first-order valence-corrected chi connectivity index (χ1v) is 4.55. The molecule has 1 unspecified atom stereocenters.